The van der Waals surface area contributed by atoms with Crippen LogP contribution >= 0.6 is 0 Å². The first-order valence-electron chi connectivity index (χ1n) is 9.14. The van der Waals surface area contributed by atoms with Crippen LogP contribution in [0.4, 0.5) is 5.69 Å². The number of hydrogen-bond acceptors (Lipinski definition) is 4. The van der Waals surface area contributed by atoms with Crippen molar-refractivity contribution >= 4 is 17.2 Å². The predicted molar refractivity (Wildman–Crippen MR) is 106 cm³/mol. The average molecular weight is 356 g/mol. The largest absolute Gasteiger partial charge is 0.377 e. The summed E-state index contributed by atoms with van der Waals surface area (Å²) in [6.45, 7) is 2.30. The van der Waals surface area contributed by atoms with E-state index in [4.69, 9.17) is 4.99 Å². The van der Waals surface area contributed by atoms with Gasteiger partial charge in [0.05, 0.1) is 24.0 Å². The van der Waals surface area contributed by atoms with Crippen molar-refractivity contribution < 1.29 is 4.79 Å². The fraction of sp³-hybridized carbons (Fsp3) is 0.227. The first kappa shape index (κ1) is 16.0. The number of aliphatic imine (C=N–C) groups is 1. The molecule has 2 atom stereocenters. The van der Waals surface area contributed by atoms with Crippen molar-refractivity contribution in [2.45, 2.75) is 18.9 Å². The van der Waals surface area contributed by atoms with Crippen molar-refractivity contribution in [3.8, 4) is 0 Å². The van der Waals surface area contributed by atoms with Gasteiger partial charge < -0.3 is 9.88 Å². The summed E-state index contributed by atoms with van der Waals surface area (Å²) in [7, 11) is 2.00. The van der Waals surface area contributed by atoms with Crippen molar-refractivity contribution in [1.29, 1.82) is 0 Å². The Kier molecular flexibility index (Phi) is 3.50. The van der Waals surface area contributed by atoms with E-state index in [2.05, 4.69) is 41.5 Å². The Morgan fingerprint density at radius 2 is 1.96 bits per heavy atom. The molecule has 5 nitrogen and oxygen atoms in total. The number of carbonyl (C=O) groups is 1. The smallest absolute Gasteiger partial charge is 0.184 e. The van der Waals surface area contributed by atoms with Crippen LogP contribution in [0.5, 0.6) is 0 Å². The maximum atomic E-state index is 12.4. The molecule has 0 saturated heterocycles. The summed E-state index contributed by atoms with van der Waals surface area (Å²) in [5, 5.41) is 3.68. The Balaban J connectivity index is 1.75. The summed E-state index contributed by atoms with van der Waals surface area (Å²) in [6, 6.07) is 14.5. The third-order valence-electron chi connectivity index (χ3n) is 5.56. The van der Waals surface area contributed by atoms with Gasteiger partial charge in [-0.15, -0.1) is 0 Å². The Morgan fingerprint density at radius 1 is 1.15 bits per heavy atom. The van der Waals surface area contributed by atoms with Crippen LogP contribution in [0.1, 0.15) is 44.7 Å². The maximum Gasteiger partial charge on any atom is 0.184 e. The molecule has 3 heterocycles. The second-order valence-corrected chi connectivity index (χ2v) is 7.29. The minimum absolute atomic E-state index is 0.0121. The average Bonchev–Trinajstić information content (AvgIpc) is 3.10. The van der Waals surface area contributed by atoms with Gasteiger partial charge in [-0.05, 0) is 18.6 Å². The Morgan fingerprint density at radius 3 is 2.70 bits per heavy atom. The number of nitrogens with zero attached hydrogens (tertiary/aromatic N) is 3. The molecule has 0 aliphatic carbocycles. The van der Waals surface area contributed by atoms with Crippen molar-refractivity contribution in [2.75, 3.05) is 11.9 Å². The Hall–Kier alpha value is -3.21. The van der Waals surface area contributed by atoms with Gasteiger partial charge >= 0.3 is 0 Å². The molecule has 0 radical (unpaired) electrons. The SMILES string of the molecule is Cc1ccc(C2Nc3cccc4c3C(=NCC4=O)C2c2cncn2C)cc1. The van der Waals surface area contributed by atoms with Gasteiger partial charge in [0.25, 0.3) is 0 Å². The predicted octanol–water partition coefficient (Wildman–Crippen LogP) is 3.66. The van der Waals surface area contributed by atoms with Crippen LogP contribution in [-0.4, -0.2) is 27.6 Å². The fourth-order valence-electron chi connectivity index (χ4n) is 4.19. The summed E-state index contributed by atoms with van der Waals surface area (Å²) in [5.74, 6) is 0.0666. The van der Waals surface area contributed by atoms with E-state index in [0.717, 1.165) is 28.2 Å². The molecule has 0 fully saturated rings. The third kappa shape index (κ3) is 2.42. The zero-order valence-corrected chi connectivity index (χ0v) is 15.3. The van der Waals surface area contributed by atoms with Crippen LogP contribution in [0, 0.1) is 6.92 Å². The quantitative estimate of drug-likeness (QED) is 0.762. The van der Waals surface area contributed by atoms with Crippen LogP contribution < -0.4 is 5.32 Å². The molecule has 134 valence electrons. The Labute approximate surface area is 157 Å². The number of nitrogens with one attached hydrogen (secondary N) is 1. The van der Waals surface area contributed by atoms with E-state index >= 15 is 0 Å². The van der Waals surface area contributed by atoms with E-state index in [1.165, 1.54) is 11.1 Å². The van der Waals surface area contributed by atoms with Crippen molar-refractivity contribution in [3.63, 3.8) is 0 Å². The highest BCUT2D eigenvalue weighted by Crippen LogP contribution is 2.44. The number of Topliss-reactive ketones (excluding diaryl/α,β-unsaturated/α-hetero) is 1. The lowest BCUT2D eigenvalue weighted by Gasteiger charge is -2.38. The van der Waals surface area contributed by atoms with Crippen molar-refractivity contribution in [1.82, 2.24) is 9.55 Å². The number of anilines is 1. The van der Waals surface area contributed by atoms with Crippen LogP contribution in [0.15, 0.2) is 60.0 Å². The molecule has 1 aromatic heterocycles. The Bertz CT molecular complexity index is 1080. The molecule has 2 aliphatic heterocycles. The van der Waals surface area contributed by atoms with Gasteiger partial charge in [-0.25, -0.2) is 4.98 Å². The summed E-state index contributed by atoms with van der Waals surface area (Å²) >= 11 is 0. The third-order valence-corrected chi connectivity index (χ3v) is 5.56. The first-order valence-corrected chi connectivity index (χ1v) is 9.14. The molecule has 2 aromatic carbocycles. The second kappa shape index (κ2) is 5.91. The van der Waals surface area contributed by atoms with Gasteiger partial charge in [0.2, 0.25) is 0 Å². The highest BCUT2D eigenvalue weighted by Gasteiger charge is 2.40. The van der Waals surface area contributed by atoms with Gasteiger partial charge in [0, 0.05) is 35.8 Å². The monoisotopic (exact) mass is 356 g/mol. The van der Waals surface area contributed by atoms with E-state index in [9.17, 15) is 4.79 Å². The molecular formula is C22H20N4O. The van der Waals surface area contributed by atoms with Crippen LogP contribution in [-0.2, 0) is 7.05 Å². The number of hydrogen-bond donors (Lipinski definition) is 1. The molecule has 27 heavy (non-hydrogen) atoms. The van der Waals surface area contributed by atoms with Gasteiger partial charge in [-0.1, -0.05) is 42.0 Å². The molecule has 2 aliphatic rings. The summed E-state index contributed by atoms with van der Waals surface area (Å²) in [6.07, 6.45) is 3.72. The molecule has 3 aromatic rings. The van der Waals surface area contributed by atoms with Crippen LogP contribution in [0.2, 0.25) is 0 Å². The lowest BCUT2D eigenvalue weighted by Crippen LogP contribution is -2.37. The normalized spacial score (nSPS) is 20.7. The molecule has 0 saturated carbocycles. The molecule has 0 amide bonds. The summed E-state index contributed by atoms with van der Waals surface area (Å²) < 4.78 is 2.04. The maximum absolute atomic E-state index is 12.4. The number of aromatic nitrogens is 2. The fourth-order valence-corrected chi connectivity index (χ4v) is 4.19. The van der Waals surface area contributed by atoms with E-state index in [1.54, 1.807) is 0 Å². The number of imidazole rings is 1. The van der Waals surface area contributed by atoms with Crippen LogP contribution in [0.3, 0.4) is 0 Å². The molecule has 5 rings (SSSR count). The number of aryl methyl sites for hydroxylation is 2. The molecular weight excluding hydrogens is 336 g/mol. The van der Waals surface area contributed by atoms with Gasteiger partial charge in [-0.2, -0.15) is 0 Å². The van der Waals surface area contributed by atoms with Crippen molar-refractivity contribution in [3.05, 3.63) is 82.9 Å². The summed E-state index contributed by atoms with van der Waals surface area (Å²) in [4.78, 5) is 21.5. The molecule has 0 spiro atoms. The van der Waals surface area contributed by atoms with E-state index in [1.807, 2.05) is 42.3 Å². The molecule has 0 bridgehead atoms. The lowest BCUT2D eigenvalue weighted by molar-refractivity contribution is 0.1000. The van der Waals surface area contributed by atoms with Gasteiger partial charge in [0.15, 0.2) is 5.78 Å². The zero-order chi connectivity index (χ0) is 18.5. The standard InChI is InChI=1S/C22H20N4O/c1-13-6-8-14(9-7-13)21-20(17-10-23-12-26(17)2)22-19-15(18(27)11-24-22)4-3-5-16(19)25-21/h3-10,12,20-21,25H,11H2,1-2H3. The molecule has 2 unspecified atom stereocenters. The van der Waals surface area contributed by atoms with Crippen molar-refractivity contribution in [2.24, 2.45) is 12.0 Å². The van der Waals surface area contributed by atoms with E-state index < -0.39 is 0 Å². The number of ketones is 1. The van der Waals surface area contributed by atoms with E-state index in [0.29, 0.717) is 0 Å². The van der Waals surface area contributed by atoms with Crippen LogP contribution in [0.25, 0.3) is 0 Å². The highest BCUT2D eigenvalue weighted by atomic mass is 16.1. The number of rotatable bonds is 2. The van der Waals surface area contributed by atoms with Gasteiger partial charge in [-0.3, -0.25) is 9.79 Å². The second-order valence-electron chi connectivity index (χ2n) is 7.29. The minimum Gasteiger partial charge on any atom is -0.377 e. The van der Waals surface area contributed by atoms with E-state index in [-0.39, 0.29) is 24.3 Å². The first-order chi connectivity index (χ1) is 13.1. The molecule has 5 heteroatoms. The zero-order valence-electron chi connectivity index (χ0n) is 15.3. The lowest BCUT2D eigenvalue weighted by atomic mass is 9.77. The number of benzene rings is 2. The highest BCUT2D eigenvalue weighted by molar-refractivity contribution is 6.21. The minimum atomic E-state index is -0.0121. The topological polar surface area (TPSA) is 59.3 Å². The number of carbonyl (C=O) groups excluding carboxylic acids is 1. The molecule has 1 N–H and O–H groups in total. The summed E-state index contributed by atoms with van der Waals surface area (Å²) in [5.41, 5.74) is 7.18. The van der Waals surface area contributed by atoms with Gasteiger partial charge in [0.1, 0.15) is 6.54 Å².